The number of hydrogen-bond acceptors (Lipinski definition) is 5. The van der Waals surface area contributed by atoms with Crippen LogP contribution in [-0.2, 0) is 26.4 Å². The van der Waals surface area contributed by atoms with Gasteiger partial charge < -0.3 is 14.8 Å². The maximum absolute atomic E-state index is 12.7. The number of methoxy groups -OCH3 is 2. The molecule has 8 nitrogen and oxygen atoms in total. The summed E-state index contributed by atoms with van der Waals surface area (Å²) in [5.74, 6) is 1.20. The molecule has 1 aliphatic rings. The number of benzene rings is 1. The van der Waals surface area contributed by atoms with Gasteiger partial charge in [0.15, 0.2) is 0 Å². The van der Waals surface area contributed by atoms with E-state index in [1.807, 2.05) is 29.1 Å². The Morgan fingerprint density at radius 1 is 1.17 bits per heavy atom. The molecular formula is C22H27N5O3. The fourth-order valence-electron chi connectivity index (χ4n) is 3.94. The molecule has 1 N–H and O–H groups in total. The number of fused-ring (bicyclic) bond motifs is 1. The van der Waals surface area contributed by atoms with Gasteiger partial charge in [-0.3, -0.25) is 14.2 Å². The average molecular weight is 409 g/mol. The summed E-state index contributed by atoms with van der Waals surface area (Å²) in [6, 6.07) is 7.27. The summed E-state index contributed by atoms with van der Waals surface area (Å²) in [5.41, 5.74) is 4.56. The second-order valence-electron chi connectivity index (χ2n) is 7.41. The van der Waals surface area contributed by atoms with Gasteiger partial charge in [0.05, 0.1) is 32.7 Å². The highest BCUT2D eigenvalue weighted by Gasteiger charge is 2.18. The Hall–Kier alpha value is -3.29. The molecule has 1 aliphatic carbocycles. The second-order valence-corrected chi connectivity index (χ2v) is 7.41. The van der Waals surface area contributed by atoms with E-state index < -0.39 is 0 Å². The van der Waals surface area contributed by atoms with E-state index in [4.69, 9.17) is 9.47 Å². The molecule has 3 aromatic rings. The van der Waals surface area contributed by atoms with Crippen molar-refractivity contribution < 1.29 is 14.3 Å². The van der Waals surface area contributed by atoms with Gasteiger partial charge >= 0.3 is 0 Å². The average Bonchev–Trinajstić information content (AvgIpc) is 3.37. The van der Waals surface area contributed by atoms with Gasteiger partial charge in [-0.1, -0.05) is 0 Å². The van der Waals surface area contributed by atoms with Crippen molar-refractivity contribution in [1.82, 2.24) is 24.9 Å². The minimum atomic E-state index is -0.167. The molecule has 2 heterocycles. The number of carbonyl (C=O) groups excluding carboxylic acids is 1. The Balaban J connectivity index is 1.46. The van der Waals surface area contributed by atoms with Crippen LogP contribution in [-0.4, -0.2) is 46.2 Å². The predicted molar refractivity (Wildman–Crippen MR) is 113 cm³/mol. The first-order valence-corrected chi connectivity index (χ1v) is 10.2. The maximum atomic E-state index is 12.7. The maximum Gasteiger partial charge on any atom is 0.269 e. The number of nitrogens with zero attached hydrogens (tertiary/aromatic N) is 4. The minimum absolute atomic E-state index is 0.167. The van der Waals surface area contributed by atoms with Crippen molar-refractivity contribution >= 4 is 5.91 Å². The summed E-state index contributed by atoms with van der Waals surface area (Å²) in [6.07, 6.45) is 6.57. The molecule has 0 atom stereocenters. The molecule has 0 saturated carbocycles. The highest BCUT2D eigenvalue weighted by atomic mass is 16.5. The Morgan fingerprint density at radius 2 is 2.00 bits per heavy atom. The van der Waals surface area contributed by atoms with Crippen LogP contribution in [0.1, 0.15) is 34.6 Å². The van der Waals surface area contributed by atoms with Crippen LogP contribution < -0.4 is 14.8 Å². The molecule has 158 valence electrons. The third-order valence-electron chi connectivity index (χ3n) is 5.55. The monoisotopic (exact) mass is 409 g/mol. The minimum Gasteiger partial charge on any atom is -0.497 e. The zero-order valence-electron chi connectivity index (χ0n) is 17.6. The highest BCUT2D eigenvalue weighted by Crippen LogP contribution is 2.32. The van der Waals surface area contributed by atoms with Crippen molar-refractivity contribution in [2.24, 2.45) is 7.05 Å². The lowest BCUT2D eigenvalue weighted by Gasteiger charge is -2.14. The summed E-state index contributed by atoms with van der Waals surface area (Å²) in [7, 11) is 4.98. The van der Waals surface area contributed by atoms with E-state index in [0.717, 1.165) is 18.4 Å². The van der Waals surface area contributed by atoms with Crippen LogP contribution in [0.25, 0.3) is 11.3 Å². The molecule has 2 aromatic heterocycles. The molecule has 0 spiro atoms. The van der Waals surface area contributed by atoms with E-state index in [2.05, 4.69) is 15.5 Å². The number of carbonyl (C=O) groups is 1. The molecule has 1 amide bonds. The zero-order chi connectivity index (χ0) is 21.1. The Labute approximate surface area is 175 Å². The number of ether oxygens (including phenoxy) is 2. The van der Waals surface area contributed by atoms with E-state index in [-0.39, 0.29) is 5.91 Å². The van der Waals surface area contributed by atoms with Gasteiger partial charge in [0.2, 0.25) is 0 Å². The van der Waals surface area contributed by atoms with Crippen LogP contribution in [0.15, 0.2) is 30.5 Å². The van der Waals surface area contributed by atoms with Gasteiger partial charge in [0, 0.05) is 24.8 Å². The van der Waals surface area contributed by atoms with Crippen molar-refractivity contribution in [1.29, 1.82) is 0 Å². The lowest BCUT2D eigenvalue weighted by Crippen LogP contribution is -2.29. The van der Waals surface area contributed by atoms with Crippen LogP contribution in [0, 0.1) is 0 Å². The first-order chi connectivity index (χ1) is 14.6. The Morgan fingerprint density at radius 3 is 2.80 bits per heavy atom. The van der Waals surface area contributed by atoms with Gasteiger partial charge in [-0.05, 0) is 55.5 Å². The summed E-state index contributed by atoms with van der Waals surface area (Å²) in [6.45, 7) is 1.17. The first kappa shape index (κ1) is 20.0. The van der Waals surface area contributed by atoms with Crippen molar-refractivity contribution in [2.45, 2.75) is 32.2 Å². The van der Waals surface area contributed by atoms with E-state index >= 15 is 0 Å². The molecule has 4 rings (SSSR count). The summed E-state index contributed by atoms with van der Waals surface area (Å²) in [4.78, 5) is 12.7. The zero-order valence-corrected chi connectivity index (χ0v) is 17.6. The number of amides is 1. The van der Waals surface area contributed by atoms with Crippen LogP contribution in [0.3, 0.4) is 0 Å². The first-order valence-electron chi connectivity index (χ1n) is 10.2. The van der Waals surface area contributed by atoms with Crippen molar-refractivity contribution in [3.63, 3.8) is 0 Å². The Bertz CT molecular complexity index is 1050. The molecule has 0 aliphatic heterocycles. The fraction of sp³-hybridized carbons (Fsp3) is 0.409. The molecular weight excluding hydrogens is 382 g/mol. The number of nitrogens with one attached hydrogen (secondary N) is 1. The third-order valence-corrected chi connectivity index (χ3v) is 5.55. The normalized spacial score (nSPS) is 13.0. The molecule has 8 heteroatoms. The SMILES string of the molecule is COc1ccc(OC)c(-c2cc(C(=O)NCCn3ncc4c3CCCC4)n(C)n2)c1. The third kappa shape index (κ3) is 3.90. The highest BCUT2D eigenvalue weighted by molar-refractivity contribution is 5.93. The van der Waals surface area contributed by atoms with Crippen LogP contribution in [0.4, 0.5) is 0 Å². The fourth-order valence-corrected chi connectivity index (χ4v) is 3.94. The molecule has 0 bridgehead atoms. The van der Waals surface area contributed by atoms with E-state index in [0.29, 0.717) is 36.0 Å². The molecule has 0 radical (unpaired) electrons. The predicted octanol–water partition coefficient (Wildman–Crippen LogP) is 2.61. The van der Waals surface area contributed by atoms with E-state index in [9.17, 15) is 4.79 Å². The summed E-state index contributed by atoms with van der Waals surface area (Å²) >= 11 is 0. The van der Waals surface area contributed by atoms with E-state index in [1.165, 1.54) is 24.1 Å². The van der Waals surface area contributed by atoms with Crippen LogP contribution >= 0.6 is 0 Å². The Kier molecular flexibility index (Phi) is 5.74. The van der Waals surface area contributed by atoms with Gasteiger partial charge in [-0.15, -0.1) is 0 Å². The standard InChI is InChI=1S/C22H27N5O3/c1-26-20(13-18(25-26)17-12-16(29-2)8-9-21(17)30-3)22(28)23-10-11-27-19-7-5-4-6-15(19)14-24-27/h8-9,12-14H,4-7,10-11H2,1-3H3,(H,23,28). The number of aromatic nitrogens is 4. The molecule has 0 saturated heterocycles. The molecule has 1 aromatic carbocycles. The summed E-state index contributed by atoms with van der Waals surface area (Å²) in [5, 5.41) is 12.0. The largest absolute Gasteiger partial charge is 0.497 e. The number of aryl methyl sites for hydroxylation is 2. The number of rotatable bonds is 7. The molecule has 0 fully saturated rings. The van der Waals surface area contributed by atoms with Gasteiger partial charge in [0.1, 0.15) is 17.2 Å². The lowest BCUT2D eigenvalue weighted by molar-refractivity contribution is 0.0942. The second kappa shape index (κ2) is 8.61. The van der Waals surface area contributed by atoms with Gasteiger partial charge in [-0.25, -0.2) is 0 Å². The quantitative estimate of drug-likeness (QED) is 0.649. The molecule has 0 unspecified atom stereocenters. The van der Waals surface area contributed by atoms with Crippen molar-refractivity contribution in [2.75, 3.05) is 20.8 Å². The van der Waals surface area contributed by atoms with Crippen LogP contribution in [0.2, 0.25) is 0 Å². The topological polar surface area (TPSA) is 83.2 Å². The van der Waals surface area contributed by atoms with Gasteiger partial charge in [-0.2, -0.15) is 10.2 Å². The lowest BCUT2D eigenvalue weighted by atomic mass is 9.98. The van der Waals surface area contributed by atoms with Gasteiger partial charge in [0.25, 0.3) is 5.91 Å². The molecule has 30 heavy (non-hydrogen) atoms. The number of hydrogen-bond donors (Lipinski definition) is 1. The smallest absolute Gasteiger partial charge is 0.269 e. The van der Waals surface area contributed by atoms with Crippen LogP contribution in [0.5, 0.6) is 11.5 Å². The summed E-state index contributed by atoms with van der Waals surface area (Å²) < 4.78 is 14.4. The van der Waals surface area contributed by atoms with Crippen molar-refractivity contribution in [3.8, 4) is 22.8 Å². The van der Waals surface area contributed by atoms with E-state index in [1.54, 1.807) is 32.0 Å². The van der Waals surface area contributed by atoms with Crippen molar-refractivity contribution in [3.05, 3.63) is 47.4 Å².